The molecule has 0 bridgehead atoms. The highest BCUT2D eigenvalue weighted by molar-refractivity contribution is 5.93. The predicted octanol–water partition coefficient (Wildman–Crippen LogP) is 2.91. The Morgan fingerprint density at radius 1 is 1.04 bits per heavy atom. The smallest absolute Gasteiger partial charge is 0.344 e. The molecule has 0 N–H and O–H groups in total. The van der Waals surface area contributed by atoms with Gasteiger partial charge in [0.15, 0.2) is 0 Å². The minimum atomic E-state index is -0.711. The first-order valence-electron chi connectivity index (χ1n) is 6.58. The van der Waals surface area contributed by atoms with E-state index in [4.69, 9.17) is 4.74 Å². The number of nitro benzene ring substituents is 1. The van der Waals surface area contributed by atoms with Gasteiger partial charge in [0.2, 0.25) is 0 Å². The number of carbonyl (C=O) groups excluding carboxylic acids is 2. The SMILES string of the molecule is COC(=O)c1ccc(OC(=O)c2cc([N+](=O)[O-])ccc2C)cc1. The van der Waals surface area contributed by atoms with Crippen molar-refractivity contribution in [3.63, 3.8) is 0 Å². The number of hydrogen-bond acceptors (Lipinski definition) is 6. The Balaban J connectivity index is 2.20. The van der Waals surface area contributed by atoms with Crippen LogP contribution in [0.5, 0.6) is 5.75 Å². The van der Waals surface area contributed by atoms with Crippen LogP contribution in [0.2, 0.25) is 0 Å². The molecule has 23 heavy (non-hydrogen) atoms. The summed E-state index contributed by atoms with van der Waals surface area (Å²) < 4.78 is 9.74. The molecule has 0 fully saturated rings. The average Bonchev–Trinajstić information content (AvgIpc) is 2.54. The molecule has 0 heterocycles. The summed E-state index contributed by atoms with van der Waals surface area (Å²) in [4.78, 5) is 33.7. The highest BCUT2D eigenvalue weighted by Gasteiger charge is 2.17. The van der Waals surface area contributed by atoms with Crippen molar-refractivity contribution >= 4 is 17.6 Å². The summed E-state index contributed by atoms with van der Waals surface area (Å²) in [5.74, 6) is -0.997. The molecule has 7 nitrogen and oxygen atoms in total. The Bertz CT molecular complexity index is 767. The lowest BCUT2D eigenvalue weighted by atomic mass is 10.1. The molecule has 0 spiro atoms. The number of esters is 2. The van der Waals surface area contributed by atoms with Crippen LogP contribution in [0.15, 0.2) is 42.5 Å². The fourth-order valence-electron chi connectivity index (χ4n) is 1.88. The first-order valence-corrected chi connectivity index (χ1v) is 6.58. The predicted molar refractivity (Wildman–Crippen MR) is 80.6 cm³/mol. The van der Waals surface area contributed by atoms with Gasteiger partial charge < -0.3 is 9.47 Å². The van der Waals surface area contributed by atoms with Crippen molar-refractivity contribution in [3.8, 4) is 5.75 Å². The van der Waals surface area contributed by atoms with Crippen molar-refractivity contribution in [2.75, 3.05) is 7.11 Å². The number of nitrogens with zero attached hydrogens (tertiary/aromatic N) is 1. The molecule has 0 radical (unpaired) electrons. The van der Waals surface area contributed by atoms with Gasteiger partial charge in [0.25, 0.3) is 5.69 Å². The van der Waals surface area contributed by atoms with Crippen LogP contribution >= 0.6 is 0 Å². The fraction of sp³-hybridized carbons (Fsp3) is 0.125. The van der Waals surface area contributed by atoms with Crippen LogP contribution in [0, 0.1) is 17.0 Å². The maximum Gasteiger partial charge on any atom is 0.344 e. The molecule has 0 atom stereocenters. The Hall–Kier alpha value is -3.22. The number of hydrogen-bond donors (Lipinski definition) is 0. The summed E-state index contributed by atoms with van der Waals surface area (Å²) in [6.45, 7) is 1.65. The van der Waals surface area contributed by atoms with E-state index in [0.29, 0.717) is 11.1 Å². The van der Waals surface area contributed by atoms with Crippen LogP contribution < -0.4 is 4.74 Å². The van der Waals surface area contributed by atoms with Crippen LogP contribution in [0.3, 0.4) is 0 Å². The van der Waals surface area contributed by atoms with E-state index in [-0.39, 0.29) is 17.0 Å². The van der Waals surface area contributed by atoms with E-state index in [1.165, 1.54) is 49.6 Å². The van der Waals surface area contributed by atoms with Crippen molar-refractivity contribution < 1.29 is 24.0 Å². The Labute approximate surface area is 131 Å². The van der Waals surface area contributed by atoms with E-state index in [0.717, 1.165) is 0 Å². The van der Waals surface area contributed by atoms with Gasteiger partial charge in [-0.15, -0.1) is 0 Å². The van der Waals surface area contributed by atoms with Gasteiger partial charge in [0.1, 0.15) is 5.75 Å². The van der Waals surface area contributed by atoms with Crippen LogP contribution in [-0.2, 0) is 4.74 Å². The van der Waals surface area contributed by atoms with Gasteiger partial charge in [-0.2, -0.15) is 0 Å². The molecule has 2 rings (SSSR count). The van der Waals surface area contributed by atoms with Gasteiger partial charge in [-0.25, -0.2) is 9.59 Å². The molecule has 0 unspecified atom stereocenters. The number of nitro groups is 1. The normalized spacial score (nSPS) is 10.0. The Kier molecular flexibility index (Phi) is 4.70. The maximum absolute atomic E-state index is 12.1. The van der Waals surface area contributed by atoms with E-state index in [2.05, 4.69) is 4.74 Å². The third kappa shape index (κ3) is 3.70. The molecule has 0 saturated carbocycles. The molecule has 0 saturated heterocycles. The van der Waals surface area contributed by atoms with Crippen LogP contribution in [0.25, 0.3) is 0 Å². The molecule has 2 aromatic carbocycles. The first kappa shape index (κ1) is 16.2. The van der Waals surface area contributed by atoms with Crippen LogP contribution in [0.4, 0.5) is 5.69 Å². The van der Waals surface area contributed by atoms with Crippen LogP contribution in [-0.4, -0.2) is 24.0 Å². The number of methoxy groups -OCH3 is 1. The molecule has 0 aromatic heterocycles. The second-order valence-corrected chi connectivity index (χ2v) is 4.66. The van der Waals surface area contributed by atoms with Crippen molar-refractivity contribution in [2.45, 2.75) is 6.92 Å². The minimum absolute atomic E-state index is 0.108. The van der Waals surface area contributed by atoms with Crippen molar-refractivity contribution in [2.24, 2.45) is 0 Å². The minimum Gasteiger partial charge on any atom is -0.465 e. The monoisotopic (exact) mass is 315 g/mol. The standard InChI is InChI=1S/C16H13NO6/c1-10-3-6-12(17(20)21)9-14(10)16(19)23-13-7-4-11(5-8-13)15(18)22-2/h3-9H,1-2H3. The number of aryl methyl sites for hydroxylation is 1. The maximum atomic E-state index is 12.1. The largest absolute Gasteiger partial charge is 0.465 e. The number of rotatable bonds is 4. The van der Waals surface area contributed by atoms with Gasteiger partial charge in [-0.05, 0) is 36.8 Å². The molecular weight excluding hydrogens is 302 g/mol. The van der Waals surface area contributed by atoms with Gasteiger partial charge >= 0.3 is 11.9 Å². The van der Waals surface area contributed by atoms with Gasteiger partial charge in [0.05, 0.1) is 23.2 Å². The summed E-state index contributed by atoms with van der Waals surface area (Å²) in [7, 11) is 1.27. The fourth-order valence-corrected chi connectivity index (χ4v) is 1.88. The van der Waals surface area contributed by atoms with Crippen molar-refractivity contribution in [1.82, 2.24) is 0 Å². The molecule has 118 valence electrons. The van der Waals surface area contributed by atoms with Crippen molar-refractivity contribution in [3.05, 3.63) is 69.3 Å². The second kappa shape index (κ2) is 6.69. The van der Waals surface area contributed by atoms with Crippen molar-refractivity contribution in [1.29, 1.82) is 0 Å². The second-order valence-electron chi connectivity index (χ2n) is 4.66. The third-order valence-corrected chi connectivity index (χ3v) is 3.14. The Morgan fingerprint density at radius 3 is 2.26 bits per heavy atom. The lowest BCUT2D eigenvalue weighted by Gasteiger charge is -2.07. The summed E-state index contributed by atoms with van der Waals surface area (Å²) >= 11 is 0. The lowest BCUT2D eigenvalue weighted by Crippen LogP contribution is -2.11. The molecule has 0 aliphatic heterocycles. The number of benzene rings is 2. The zero-order chi connectivity index (χ0) is 17.0. The quantitative estimate of drug-likeness (QED) is 0.372. The lowest BCUT2D eigenvalue weighted by molar-refractivity contribution is -0.384. The summed E-state index contributed by atoms with van der Waals surface area (Å²) in [6.07, 6.45) is 0. The third-order valence-electron chi connectivity index (χ3n) is 3.14. The Morgan fingerprint density at radius 2 is 1.70 bits per heavy atom. The number of carbonyl (C=O) groups is 2. The molecule has 0 aliphatic carbocycles. The van der Waals surface area contributed by atoms with E-state index < -0.39 is 16.9 Å². The van der Waals surface area contributed by atoms with E-state index in [1.807, 2.05) is 0 Å². The molecule has 0 aliphatic rings. The number of non-ortho nitro benzene ring substituents is 1. The van der Waals surface area contributed by atoms with E-state index >= 15 is 0 Å². The average molecular weight is 315 g/mol. The van der Waals surface area contributed by atoms with Crippen LogP contribution in [0.1, 0.15) is 26.3 Å². The zero-order valence-electron chi connectivity index (χ0n) is 12.4. The van der Waals surface area contributed by atoms with Gasteiger partial charge in [-0.3, -0.25) is 10.1 Å². The highest BCUT2D eigenvalue weighted by atomic mass is 16.6. The highest BCUT2D eigenvalue weighted by Crippen LogP contribution is 2.20. The number of ether oxygens (including phenoxy) is 2. The summed E-state index contributed by atoms with van der Waals surface area (Å²) in [6, 6.07) is 9.75. The molecule has 2 aromatic rings. The van der Waals surface area contributed by atoms with Gasteiger partial charge in [-0.1, -0.05) is 6.07 Å². The van der Waals surface area contributed by atoms with E-state index in [9.17, 15) is 19.7 Å². The summed E-state index contributed by atoms with van der Waals surface area (Å²) in [5, 5.41) is 10.8. The molecule has 0 amide bonds. The first-order chi connectivity index (χ1) is 10.9. The van der Waals surface area contributed by atoms with Gasteiger partial charge in [0, 0.05) is 12.1 Å². The zero-order valence-corrected chi connectivity index (χ0v) is 12.4. The van der Waals surface area contributed by atoms with E-state index in [1.54, 1.807) is 6.92 Å². The molecular formula is C16H13NO6. The molecule has 7 heteroatoms. The topological polar surface area (TPSA) is 95.7 Å². The summed E-state index contributed by atoms with van der Waals surface area (Å²) in [5.41, 5.74) is 0.797.